The fourth-order valence-corrected chi connectivity index (χ4v) is 5.74. The fourth-order valence-electron chi connectivity index (χ4n) is 4.50. The number of benzene rings is 3. The second-order valence-corrected chi connectivity index (χ2v) is 11.3. The summed E-state index contributed by atoms with van der Waals surface area (Å²) in [6, 6.07) is 18.1. The first kappa shape index (κ1) is 26.4. The van der Waals surface area contributed by atoms with Gasteiger partial charge in [0.1, 0.15) is 17.7 Å². The fraction of sp³-hybridized carbons (Fsp3) is 0.333. The molecule has 0 radical (unpaired) electrons. The van der Waals surface area contributed by atoms with Gasteiger partial charge in [-0.2, -0.15) is 0 Å². The summed E-state index contributed by atoms with van der Waals surface area (Å²) in [6.45, 7) is 2.96. The molecule has 0 aliphatic carbocycles. The van der Waals surface area contributed by atoms with Crippen LogP contribution in [0.25, 0.3) is 10.8 Å². The molecule has 9 nitrogen and oxygen atoms in total. The maximum absolute atomic E-state index is 13.1. The number of fused-ring (bicyclic) bond motifs is 1. The number of aliphatic hydroxyl groups excluding tert-OH is 1. The third-order valence-electron chi connectivity index (χ3n) is 6.57. The van der Waals surface area contributed by atoms with Gasteiger partial charge in [-0.05, 0) is 59.7 Å². The van der Waals surface area contributed by atoms with Crippen molar-refractivity contribution in [3.8, 4) is 5.75 Å². The molecule has 5 N–H and O–H groups in total. The quantitative estimate of drug-likeness (QED) is 0.250. The first-order valence-corrected chi connectivity index (χ1v) is 13.8. The molecule has 1 aliphatic rings. The highest BCUT2D eigenvalue weighted by molar-refractivity contribution is 7.92. The first-order chi connectivity index (χ1) is 17.7. The van der Waals surface area contributed by atoms with E-state index in [1.807, 2.05) is 35.2 Å². The lowest BCUT2D eigenvalue weighted by Gasteiger charge is -2.33. The highest BCUT2D eigenvalue weighted by Gasteiger charge is 2.24. The van der Waals surface area contributed by atoms with Crippen LogP contribution in [0.3, 0.4) is 0 Å². The summed E-state index contributed by atoms with van der Waals surface area (Å²) in [4.78, 5) is 2.03. The number of anilines is 1. The second-order valence-electron chi connectivity index (χ2n) is 9.24. The molecule has 0 unspecified atom stereocenters. The Balaban J connectivity index is 1.54. The number of hydrogen-bond acceptors (Lipinski definition) is 6. The smallest absolute Gasteiger partial charge is 0.237 e. The number of hydrogen-bond donors (Lipinski definition) is 4. The summed E-state index contributed by atoms with van der Waals surface area (Å²) in [5.41, 5.74) is 7.48. The number of nitrogens with two attached hydrogens (primary N) is 1. The van der Waals surface area contributed by atoms with Gasteiger partial charge >= 0.3 is 0 Å². The number of nitrogens with zero attached hydrogens (tertiary/aromatic N) is 2. The Morgan fingerprint density at radius 3 is 2.35 bits per heavy atom. The largest absolute Gasteiger partial charge is 0.490 e. The van der Waals surface area contributed by atoms with E-state index in [0.29, 0.717) is 22.8 Å². The van der Waals surface area contributed by atoms with Crippen LogP contribution >= 0.6 is 0 Å². The molecule has 0 saturated carbocycles. The molecule has 0 aromatic heterocycles. The Bertz CT molecular complexity index is 1380. The minimum atomic E-state index is -3.79. The molecule has 1 fully saturated rings. The number of piperidine rings is 1. The number of sulfonamides is 1. The van der Waals surface area contributed by atoms with E-state index in [-0.39, 0.29) is 18.5 Å². The van der Waals surface area contributed by atoms with Crippen LogP contribution in [0, 0.1) is 10.8 Å². The third kappa shape index (κ3) is 6.39. The summed E-state index contributed by atoms with van der Waals surface area (Å²) in [5.74, 6) is 0.809. The molecule has 0 bridgehead atoms. The molecule has 196 valence electrons. The van der Waals surface area contributed by atoms with Gasteiger partial charge in [0.05, 0.1) is 30.4 Å². The summed E-state index contributed by atoms with van der Waals surface area (Å²) < 4.78 is 33.6. The van der Waals surface area contributed by atoms with Gasteiger partial charge in [-0.15, -0.1) is 0 Å². The third-order valence-corrected chi connectivity index (χ3v) is 8.28. The molecular formula is C27H33N5O4S. The van der Waals surface area contributed by atoms with E-state index in [0.717, 1.165) is 42.3 Å². The lowest BCUT2D eigenvalue weighted by Crippen LogP contribution is -2.40. The second kappa shape index (κ2) is 11.2. The van der Waals surface area contributed by atoms with Crippen molar-refractivity contribution in [2.75, 3.05) is 29.8 Å². The number of aliphatic hydroxyl groups is 1. The summed E-state index contributed by atoms with van der Waals surface area (Å²) in [6.07, 6.45) is 1.69. The molecule has 0 atom stereocenters. The van der Waals surface area contributed by atoms with Gasteiger partial charge in [-0.1, -0.05) is 24.3 Å². The predicted molar refractivity (Wildman–Crippen MR) is 147 cm³/mol. The number of amidine groups is 2. The predicted octanol–water partition coefficient (Wildman–Crippen LogP) is 3.29. The van der Waals surface area contributed by atoms with E-state index < -0.39 is 22.4 Å². The molecule has 1 aliphatic heterocycles. The van der Waals surface area contributed by atoms with Crippen molar-refractivity contribution < 1.29 is 18.3 Å². The number of nitrogen functional groups attached to an aromatic ring is 1. The van der Waals surface area contributed by atoms with Gasteiger partial charge < -0.3 is 20.5 Å². The first-order valence-electron chi connectivity index (χ1n) is 12.2. The van der Waals surface area contributed by atoms with E-state index >= 15 is 0 Å². The van der Waals surface area contributed by atoms with Gasteiger partial charge in [-0.25, -0.2) is 8.42 Å². The van der Waals surface area contributed by atoms with E-state index in [9.17, 15) is 13.5 Å². The van der Waals surface area contributed by atoms with Crippen molar-refractivity contribution in [2.45, 2.75) is 32.4 Å². The Labute approximate surface area is 217 Å². The van der Waals surface area contributed by atoms with Crippen LogP contribution in [-0.2, 0) is 16.6 Å². The molecule has 37 heavy (non-hydrogen) atoms. The Hall–Kier alpha value is -3.63. The minimum absolute atomic E-state index is 0.0304. The number of likely N-dealkylation sites (tertiary alicyclic amines) is 1. The molecule has 10 heteroatoms. The molecule has 3 aromatic rings. The van der Waals surface area contributed by atoms with Gasteiger partial charge in [0, 0.05) is 31.5 Å². The Kier molecular flexibility index (Phi) is 7.99. The van der Waals surface area contributed by atoms with Crippen molar-refractivity contribution in [3.05, 3.63) is 71.8 Å². The molecule has 1 heterocycles. The van der Waals surface area contributed by atoms with Crippen molar-refractivity contribution >= 4 is 38.2 Å². The average Bonchev–Trinajstić information content (AvgIpc) is 2.87. The Morgan fingerprint density at radius 2 is 1.73 bits per heavy atom. The van der Waals surface area contributed by atoms with Gasteiger partial charge in [-0.3, -0.25) is 15.1 Å². The molecule has 0 amide bonds. The summed E-state index contributed by atoms with van der Waals surface area (Å²) in [5, 5.41) is 26.7. The van der Waals surface area contributed by atoms with Crippen molar-refractivity contribution in [3.63, 3.8) is 0 Å². The van der Waals surface area contributed by atoms with Gasteiger partial charge in [0.25, 0.3) is 0 Å². The van der Waals surface area contributed by atoms with Crippen LogP contribution in [0.1, 0.15) is 30.9 Å². The zero-order valence-corrected chi connectivity index (χ0v) is 21.7. The average molecular weight is 524 g/mol. The molecule has 1 saturated heterocycles. The van der Waals surface area contributed by atoms with Crippen molar-refractivity contribution in [1.29, 1.82) is 10.8 Å². The van der Waals surface area contributed by atoms with Crippen LogP contribution in [-0.4, -0.2) is 61.6 Å². The highest BCUT2D eigenvalue weighted by Crippen LogP contribution is 2.27. The van der Waals surface area contributed by atoms with E-state index in [4.69, 9.17) is 21.3 Å². The topological polar surface area (TPSA) is 144 Å². The number of nitrogens with one attached hydrogen (secondary N) is 2. The molecule has 3 aromatic carbocycles. The number of rotatable bonds is 9. The summed E-state index contributed by atoms with van der Waals surface area (Å²) in [7, 11) is -3.79. The van der Waals surface area contributed by atoms with Crippen LogP contribution < -0.4 is 14.8 Å². The van der Waals surface area contributed by atoms with Crippen molar-refractivity contribution in [1.82, 2.24) is 4.90 Å². The standard InChI is InChI=1S/C27H33N5O4S/c1-19(28)31-12-10-26(11-13-31)36-25-8-6-24(7-9-25)32(37(34,35)15-14-33)18-20-2-3-21-4-5-22(27(29)30)17-23(21)16-20/h2-9,16-17,26,28,33H,10-15,18H2,1H3,(H3,29,30). The summed E-state index contributed by atoms with van der Waals surface area (Å²) >= 11 is 0. The van der Waals surface area contributed by atoms with Gasteiger partial charge in [0.15, 0.2) is 0 Å². The maximum Gasteiger partial charge on any atom is 0.237 e. The van der Waals surface area contributed by atoms with Crippen LogP contribution in [0.2, 0.25) is 0 Å². The van der Waals surface area contributed by atoms with Crippen molar-refractivity contribution in [2.24, 2.45) is 5.73 Å². The highest BCUT2D eigenvalue weighted by atomic mass is 32.2. The zero-order chi connectivity index (χ0) is 26.6. The maximum atomic E-state index is 13.1. The number of ether oxygens (including phenoxy) is 1. The van der Waals surface area contributed by atoms with E-state index in [2.05, 4.69) is 0 Å². The molecular weight excluding hydrogens is 490 g/mol. The normalized spacial score (nSPS) is 14.5. The Morgan fingerprint density at radius 1 is 1.05 bits per heavy atom. The lowest BCUT2D eigenvalue weighted by atomic mass is 10.0. The van der Waals surface area contributed by atoms with Gasteiger partial charge in [0.2, 0.25) is 10.0 Å². The monoisotopic (exact) mass is 523 g/mol. The van der Waals surface area contributed by atoms with Crippen LogP contribution in [0.4, 0.5) is 5.69 Å². The lowest BCUT2D eigenvalue weighted by molar-refractivity contribution is 0.130. The van der Waals surface area contributed by atoms with E-state index in [1.54, 1.807) is 37.3 Å². The molecule has 0 spiro atoms. The zero-order valence-electron chi connectivity index (χ0n) is 20.9. The van der Waals surface area contributed by atoms with E-state index in [1.165, 1.54) is 4.31 Å². The minimum Gasteiger partial charge on any atom is -0.490 e. The van der Waals surface area contributed by atoms with Crippen LogP contribution in [0.15, 0.2) is 60.7 Å². The molecule has 4 rings (SSSR count). The van der Waals surface area contributed by atoms with Crippen LogP contribution in [0.5, 0.6) is 5.75 Å². The SMILES string of the molecule is CC(=N)N1CCC(Oc2ccc(N(Cc3ccc4ccc(C(=N)N)cc4c3)S(=O)(=O)CCO)cc2)CC1.